The molecule has 3 rings (SSSR count). The quantitative estimate of drug-likeness (QED) is 0.321. The zero-order chi connectivity index (χ0) is 30.2. The normalized spacial score (nSPS) is 12.0. The summed E-state index contributed by atoms with van der Waals surface area (Å²) in [6.07, 6.45) is 0. The fourth-order valence-electron chi connectivity index (χ4n) is 4.15. The van der Waals surface area contributed by atoms with Crippen LogP contribution in [0.3, 0.4) is 0 Å². The number of aryl methyl sites for hydroxylation is 1. The van der Waals surface area contributed by atoms with Crippen LogP contribution in [0.15, 0.2) is 77.7 Å². The van der Waals surface area contributed by atoms with Gasteiger partial charge in [-0.15, -0.1) is 0 Å². The summed E-state index contributed by atoms with van der Waals surface area (Å²) in [6.45, 7) is 7.55. The molecule has 0 radical (unpaired) electrons. The predicted octanol–water partition coefficient (Wildman–Crippen LogP) is 4.40. The summed E-state index contributed by atoms with van der Waals surface area (Å²) in [7, 11) is -1.35. The first-order valence-electron chi connectivity index (χ1n) is 13.4. The topological polar surface area (TPSA) is 105 Å². The molecule has 0 aromatic heterocycles. The molecule has 220 valence electrons. The van der Waals surface area contributed by atoms with Gasteiger partial charge in [0.1, 0.15) is 24.1 Å². The molecule has 0 saturated heterocycles. The van der Waals surface area contributed by atoms with Crippen molar-refractivity contribution in [2.75, 3.05) is 31.6 Å². The second-order valence-corrected chi connectivity index (χ2v) is 12.0. The van der Waals surface area contributed by atoms with E-state index in [0.717, 1.165) is 15.4 Å². The zero-order valence-corrected chi connectivity index (χ0v) is 25.3. The lowest BCUT2D eigenvalue weighted by Gasteiger charge is -2.32. The van der Waals surface area contributed by atoms with Crippen molar-refractivity contribution < 1.29 is 27.5 Å². The summed E-state index contributed by atoms with van der Waals surface area (Å²) < 4.78 is 39.9. The van der Waals surface area contributed by atoms with E-state index in [1.54, 1.807) is 37.3 Å². The molecular formula is C31H39N3O6S. The molecule has 9 nitrogen and oxygen atoms in total. The second kappa shape index (κ2) is 14.0. The zero-order valence-electron chi connectivity index (χ0n) is 24.5. The maximum atomic E-state index is 14.1. The highest BCUT2D eigenvalue weighted by atomic mass is 32.2. The fourth-order valence-corrected chi connectivity index (χ4v) is 5.59. The third kappa shape index (κ3) is 8.00. The highest BCUT2D eigenvalue weighted by molar-refractivity contribution is 7.92. The molecule has 0 aliphatic carbocycles. The molecule has 1 N–H and O–H groups in total. The number of carbonyl (C=O) groups is 2. The first-order valence-corrected chi connectivity index (χ1v) is 14.8. The standard InChI is InChI=1S/C31H39N3O6S/c1-22(2)19-32-31(36)24(4)33(20-25-14-12-23(3)13-15-25)30(35)21-34(41(37,38)27-10-8-7-9-11-27)28-18-26(39-5)16-17-29(28)40-6/h7-18,22,24H,19-21H2,1-6H3,(H,32,36)/t24-/m1/s1. The third-order valence-corrected chi connectivity index (χ3v) is 8.36. The average Bonchev–Trinajstić information content (AvgIpc) is 2.97. The Labute approximate surface area is 243 Å². The summed E-state index contributed by atoms with van der Waals surface area (Å²) in [4.78, 5) is 28.6. The van der Waals surface area contributed by atoms with Crippen LogP contribution in [0.1, 0.15) is 31.9 Å². The van der Waals surface area contributed by atoms with Crippen LogP contribution in [-0.4, -0.2) is 58.5 Å². The summed E-state index contributed by atoms with van der Waals surface area (Å²) in [5.41, 5.74) is 2.00. The number of hydrogen-bond donors (Lipinski definition) is 1. The minimum absolute atomic E-state index is 0.00508. The Morgan fingerprint density at radius 2 is 1.56 bits per heavy atom. The predicted molar refractivity (Wildman–Crippen MR) is 160 cm³/mol. The lowest BCUT2D eigenvalue weighted by atomic mass is 10.1. The van der Waals surface area contributed by atoms with Crippen LogP contribution < -0.4 is 19.1 Å². The first-order chi connectivity index (χ1) is 19.5. The average molecular weight is 582 g/mol. The Kier molecular flexibility index (Phi) is 10.8. The third-order valence-electron chi connectivity index (χ3n) is 6.59. The van der Waals surface area contributed by atoms with Gasteiger partial charge in [0.05, 0.1) is 24.8 Å². The van der Waals surface area contributed by atoms with Crippen LogP contribution in [0.25, 0.3) is 0 Å². The molecule has 0 bridgehead atoms. The number of nitrogens with one attached hydrogen (secondary N) is 1. The Bertz CT molecular complexity index is 1430. The number of methoxy groups -OCH3 is 2. The van der Waals surface area contributed by atoms with E-state index in [2.05, 4.69) is 5.32 Å². The number of amides is 2. The van der Waals surface area contributed by atoms with Crippen molar-refractivity contribution in [2.45, 2.75) is 45.2 Å². The van der Waals surface area contributed by atoms with Crippen LogP contribution >= 0.6 is 0 Å². The van der Waals surface area contributed by atoms with Crippen molar-refractivity contribution in [2.24, 2.45) is 5.92 Å². The van der Waals surface area contributed by atoms with Crippen molar-refractivity contribution in [3.05, 3.63) is 83.9 Å². The van der Waals surface area contributed by atoms with Crippen LogP contribution in [0.5, 0.6) is 11.5 Å². The van der Waals surface area contributed by atoms with Crippen LogP contribution in [0, 0.1) is 12.8 Å². The Morgan fingerprint density at radius 3 is 2.15 bits per heavy atom. The maximum Gasteiger partial charge on any atom is 0.264 e. The van der Waals surface area contributed by atoms with Gasteiger partial charge in [0.15, 0.2) is 0 Å². The van der Waals surface area contributed by atoms with Crippen molar-refractivity contribution in [3.8, 4) is 11.5 Å². The van der Waals surface area contributed by atoms with Gasteiger partial charge in [-0.25, -0.2) is 8.42 Å². The molecule has 2 amide bonds. The van der Waals surface area contributed by atoms with E-state index in [-0.39, 0.29) is 34.7 Å². The number of hydrogen-bond acceptors (Lipinski definition) is 6. The summed E-state index contributed by atoms with van der Waals surface area (Å²) in [6, 6.07) is 19.4. The number of sulfonamides is 1. The van der Waals surface area contributed by atoms with E-state index < -0.39 is 28.5 Å². The van der Waals surface area contributed by atoms with Gasteiger partial charge in [0, 0.05) is 19.2 Å². The first kappa shape index (κ1) is 31.5. The molecule has 0 fully saturated rings. The smallest absolute Gasteiger partial charge is 0.264 e. The number of rotatable bonds is 13. The van der Waals surface area contributed by atoms with Crippen LogP contribution in [0.4, 0.5) is 5.69 Å². The number of nitrogens with zero attached hydrogens (tertiary/aromatic N) is 2. The molecule has 10 heteroatoms. The molecule has 0 unspecified atom stereocenters. The molecule has 0 spiro atoms. The van der Waals surface area contributed by atoms with E-state index in [1.165, 1.54) is 37.3 Å². The molecule has 0 saturated carbocycles. The Morgan fingerprint density at radius 1 is 0.902 bits per heavy atom. The largest absolute Gasteiger partial charge is 0.497 e. The van der Waals surface area contributed by atoms with Gasteiger partial charge < -0.3 is 19.7 Å². The molecular weight excluding hydrogens is 542 g/mol. The number of ether oxygens (including phenoxy) is 2. The van der Waals surface area contributed by atoms with Gasteiger partial charge in [0.25, 0.3) is 10.0 Å². The Balaban J connectivity index is 2.08. The molecule has 0 heterocycles. The van der Waals surface area contributed by atoms with Gasteiger partial charge in [-0.05, 0) is 49.6 Å². The Hall–Kier alpha value is -4.05. The van der Waals surface area contributed by atoms with Crippen molar-refractivity contribution >= 4 is 27.5 Å². The van der Waals surface area contributed by atoms with Crippen LogP contribution in [-0.2, 0) is 26.2 Å². The molecule has 0 aliphatic rings. The van der Waals surface area contributed by atoms with Gasteiger partial charge in [-0.1, -0.05) is 61.9 Å². The van der Waals surface area contributed by atoms with Crippen molar-refractivity contribution in [3.63, 3.8) is 0 Å². The van der Waals surface area contributed by atoms with Gasteiger partial charge in [-0.2, -0.15) is 0 Å². The van der Waals surface area contributed by atoms with Crippen molar-refractivity contribution in [1.82, 2.24) is 10.2 Å². The number of benzene rings is 3. The van der Waals surface area contributed by atoms with Gasteiger partial charge >= 0.3 is 0 Å². The summed E-state index contributed by atoms with van der Waals surface area (Å²) in [5, 5.41) is 2.89. The highest BCUT2D eigenvalue weighted by Gasteiger charge is 2.34. The van der Waals surface area contributed by atoms with E-state index in [1.807, 2.05) is 45.0 Å². The van der Waals surface area contributed by atoms with E-state index in [4.69, 9.17) is 9.47 Å². The molecule has 41 heavy (non-hydrogen) atoms. The number of anilines is 1. The second-order valence-electron chi connectivity index (χ2n) is 10.2. The molecule has 3 aromatic carbocycles. The van der Waals surface area contributed by atoms with Crippen molar-refractivity contribution in [1.29, 1.82) is 0 Å². The van der Waals surface area contributed by atoms with Gasteiger partial charge in [-0.3, -0.25) is 13.9 Å². The highest BCUT2D eigenvalue weighted by Crippen LogP contribution is 2.36. The summed E-state index contributed by atoms with van der Waals surface area (Å²) >= 11 is 0. The van der Waals surface area contributed by atoms with E-state index >= 15 is 0 Å². The molecule has 0 aliphatic heterocycles. The minimum atomic E-state index is -4.24. The number of carbonyl (C=O) groups excluding carboxylic acids is 2. The van der Waals surface area contributed by atoms with E-state index in [9.17, 15) is 18.0 Å². The summed E-state index contributed by atoms with van der Waals surface area (Å²) in [5.74, 6) is -0.0254. The monoisotopic (exact) mass is 581 g/mol. The lowest BCUT2D eigenvalue weighted by Crippen LogP contribution is -2.51. The van der Waals surface area contributed by atoms with E-state index in [0.29, 0.717) is 12.3 Å². The fraction of sp³-hybridized carbons (Fsp3) is 0.355. The lowest BCUT2D eigenvalue weighted by molar-refractivity contribution is -0.139. The minimum Gasteiger partial charge on any atom is -0.497 e. The molecule has 3 aromatic rings. The SMILES string of the molecule is COc1ccc(OC)c(N(CC(=O)N(Cc2ccc(C)cc2)[C@H](C)C(=O)NCC(C)C)S(=O)(=O)c2ccccc2)c1. The van der Waals surface area contributed by atoms with Crippen LogP contribution in [0.2, 0.25) is 0 Å². The maximum absolute atomic E-state index is 14.1. The molecule has 1 atom stereocenters. The van der Waals surface area contributed by atoms with Gasteiger partial charge in [0.2, 0.25) is 11.8 Å².